The van der Waals surface area contributed by atoms with Gasteiger partial charge >= 0.3 is 5.69 Å². The second-order valence-electron chi connectivity index (χ2n) is 5.29. The number of anilines is 1. The first kappa shape index (κ1) is 17.2. The maximum atomic E-state index is 13.7. The standard InChI is InChI=1S/C14H14FN3O4.ClH/c15-9-5-8-10(19)6-11(7-1-3-17-4-2-7)22-14(8)13(12(9)16)18(20)21;/h5-7,17H,1-4,16H2;1H. The molecular formula is C14H15ClFN3O4. The zero-order chi connectivity index (χ0) is 15.9. The molecule has 2 aromatic rings. The van der Waals surface area contributed by atoms with Crippen molar-refractivity contribution in [2.75, 3.05) is 18.8 Å². The molecule has 1 aliphatic heterocycles. The van der Waals surface area contributed by atoms with Crippen LogP contribution in [0.25, 0.3) is 11.0 Å². The van der Waals surface area contributed by atoms with E-state index >= 15 is 0 Å². The minimum absolute atomic E-state index is 0. The van der Waals surface area contributed by atoms with Crippen molar-refractivity contribution < 1.29 is 13.7 Å². The molecule has 7 nitrogen and oxygen atoms in total. The zero-order valence-electron chi connectivity index (χ0n) is 12.0. The molecule has 1 saturated heterocycles. The highest BCUT2D eigenvalue weighted by molar-refractivity contribution is 5.91. The first-order valence-corrected chi connectivity index (χ1v) is 6.90. The molecule has 124 valence electrons. The van der Waals surface area contributed by atoms with E-state index in [1.54, 1.807) is 0 Å². The fourth-order valence-electron chi connectivity index (χ4n) is 2.76. The van der Waals surface area contributed by atoms with Gasteiger partial charge in [-0.15, -0.1) is 12.4 Å². The van der Waals surface area contributed by atoms with Crippen LogP contribution in [0.5, 0.6) is 0 Å². The zero-order valence-corrected chi connectivity index (χ0v) is 12.8. The summed E-state index contributed by atoms with van der Waals surface area (Å²) in [6.07, 6.45) is 1.53. The Morgan fingerprint density at radius 3 is 2.61 bits per heavy atom. The van der Waals surface area contributed by atoms with Crippen LogP contribution in [-0.2, 0) is 0 Å². The van der Waals surface area contributed by atoms with Crippen LogP contribution < -0.4 is 16.5 Å². The molecule has 0 aliphatic carbocycles. The Labute approximate surface area is 136 Å². The highest BCUT2D eigenvalue weighted by Gasteiger charge is 2.27. The summed E-state index contributed by atoms with van der Waals surface area (Å²) in [5.74, 6) is -0.613. The highest BCUT2D eigenvalue weighted by Crippen LogP contribution is 2.35. The number of nitro benzene ring substituents is 1. The van der Waals surface area contributed by atoms with E-state index in [1.807, 2.05) is 0 Å². The second-order valence-corrected chi connectivity index (χ2v) is 5.29. The largest absolute Gasteiger partial charge is 0.453 e. The summed E-state index contributed by atoms with van der Waals surface area (Å²) in [7, 11) is 0. The van der Waals surface area contributed by atoms with E-state index < -0.39 is 27.5 Å². The number of nitro groups is 1. The van der Waals surface area contributed by atoms with Gasteiger partial charge in [-0.05, 0) is 32.0 Å². The lowest BCUT2D eigenvalue weighted by molar-refractivity contribution is -0.382. The van der Waals surface area contributed by atoms with Gasteiger partial charge in [0.2, 0.25) is 5.58 Å². The van der Waals surface area contributed by atoms with Crippen molar-refractivity contribution in [3.05, 3.63) is 44.0 Å². The lowest BCUT2D eigenvalue weighted by Gasteiger charge is -2.21. The number of piperidine rings is 1. The van der Waals surface area contributed by atoms with Gasteiger partial charge in [0.05, 0.1) is 10.3 Å². The van der Waals surface area contributed by atoms with Crippen LogP contribution in [0.2, 0.25) is 0 Å². The summed E-state index contributed by atoms with van der Waals surface area (Å²) in [6, 6.07) is 2.17. The molecular weight excluding hydrogens is 329 g/mol. The van der Waals surface area contributed by atoms with Crippen molar-refractivity contribution in [2.45, 2.75) is 18.8 Å². The number of hydrogen-bond acceptors (Lipinski definition) is 6. The normalized spacial score (nSPS) is 15.3. The maximum absolute atomic E-state index is 13.7. The molecule has 0 atom stereocenters. The molecule has 9 heteroatoms. The van der Waals surface area contributed by atoms with Crippen LogP contribution in [0.15, 0.2) is 21.3 Å². The summed E-state index contributed by atoms with van der Waals surface area (Å²) in [5, 5.41) is 14.2. The van der Waals surface area contributed by atoms with Gasteiger partial charge in [-0.1, -0.05) is 0 Å². The molecule has 1 aliphatic rings. The summed E-state index contributed by atoms with van der Waals surface area (Å²) in [4.78, 5) is 22.5. The fraction of sp³-hybridized carbons (Fsp3) is 0.357. The first-order valence-electron chi connectivity index (χ1n) is 6.90. The lowest BCUT2D eigenvalue weighted by atomic mass is 9.95. The van der Waals surface area contributed by atoms with Crippen LogP contribution in [0, 0.1) is 15.9 Å². The molecule has 0 radical (unpaired) electrons. The molecule has 0 amide bonds. The molecule has 3 N–H and O–H groups in total. The van der Waals surface area contributed by atoms with Crippen LogP contribution >= 0.6 is 12.4 Å². The summed E-state index contributed by atoms with van der Waals surface area (Å²) in [6.45, 7) is 1.56. The number of rotatable bonds is 2. The van der Waals surface area contributed by atoms with E-state index in [-0.39, 0.29) is 29.3 Å². The van der Waals surface area contributed by atoms with Gasteiger partial charge in [0.25, 0.3) is 0 Å². The number of fused-ring (bicyclic) bond motifs is 1. The molecule has 0 bridgehead atoms. The van der Waals surface area contributed by atoms with Crippen molar-refractivity contribution >= 4 is 34.8 Å². The minimum atomic E-state index is -0.999. The molecule has 3 rings (SSSR count). The molecule has 1 aromatic heterocycles. The summed E-state index contributed by atoms with van der Waals surface area (Å²) >= 11 is 0. The van der Waals surface area contributed by atoms with Crippen molar-refractivity contribution in [3.63, 3.8) is 0 Å². The highest BCUT2D eigenvalue weighted by atomic mass is 35.5. The molecule has 0 unspecified atom stereocenters. The Bertz CT molecular complexity index is 818. The SMILES string of the molecule is Cl.Nc1c(F)cc2c(=O)cc(C3CCNCC3)oc2c1[N+](=O)[O-]. The van der Waals surface area contributed by atoms with Crippen LogP contribution in [0.1, 0.15) is 24.5 Å². The minimum Gasteiger partial charge on any atom is -0.453 e. The maximum Gasteiger partial charge on any atom is 0.337 e. The van der Waals surface area contributed by atoms with Gasteiger partial charge in [-0.2, -0.15) is 0 Å². The Morgan fingerprint density at radius 2 is 2.00 bits per heavy atom. The number of nitrogens with two attached hydrogens (primary N) is 1. The van der Waals surface area contributed by atoms with Crippen molar-refractivity contribution in [2.24, 2.45) is 0 Å². The molecule has 2 heterocycles. The third-order valence-corrected chi connectivity index (χ3v) is 3.93. The quantitative estimate of drug-likeness (QED) is 0.491. The van der Waals surface area contributed by atoms with Gasteiger partial charge in [0.1, 0.15) is 5.76 Å². The monoisotopic (exact) mass is 343 g/mol. The van der Waals surface area contributed by atoms with E-state index in [2.05, 4.69) is 5.32 Å². The van der Waals surface area contributed by atoms with Crippen molar-refractivity contribution in [3.8, 4) is 0 Å². The van der Waals surface area contributed by atoms with E-state index in [1.165, 1.54) is 6.07 Å². The smallest absolute Gasteiger partial charge is 0.337 e. The predicted octanol–water partition coefficient (Wildman–Crippen LogP) is 2.31. The molecule has 0 spiro atoms. The molecule has 23 heavy (non-hydrogen) atoms. The Morgan fingerprint density at radius 1 is 1.35 bits per heavy atom. The van der Waals surface area contributed by atoms with Gasteiger partial charge in [-0.3, -0.25) is 14.9 Å². The fourth-order valence-corrected chi connectivity index (χ4v) is 2.76. The average molecular weight is 344 g/mol. The molecule has 1 fully saturated rings. The third-order valence-electron chi connectivity index (χ3n) is 3.93. The number of hydrogen-bond donors (Lipinski definition) is 2. The van der Waals surface area contributed by atoms with Crippen LogP contribution in [0.3, 0.4) is 0 Å². The number of benzene rings is 1. The van der Waals surface area contributed by atoms with E-state index in [4.69, 9.17) is 10.2 Å². The number of nitrogens with one attached hydrogen (secondary N) is 1. The molecule has 1 aromatic carbocycles. The number of nitrogen functional groups attached to an aromatic ring is 1. The first-order chi connectivity index (χ1) is 10.5. The van der Waals surface area contributed by atoms with E-state index in [0.29, 0.717) is 5.76 Å². The Hall–Kier alpha value is -2.19. The second kappa shape index (κ2) is 6.51. The van der Waals surface area contributed by atoms with Gasteiger partial charge in [0, 0.05) is 12.0 Å². The van der Waals surface area contributed by atoms with Gasteiger partial charge < -0.3 is 15.5 Å². The van der Waals surface area contributed by atoms with Crippen molar-refractivity contribution in [1.82, 2.24) is 5.32 Å². The summed E-state index contributed by atoms with van der Waals surface area (Å²) < 4.78 is 19.3. The Kier molecular flexibility index (Phi) is 4.86. The third kappa shape index (κ3) is 2.99. The Balaban J connectivity index is 0.00000192. The van der Waals surface area contributed by atoms with Crippen LogP contribution in [0.4, 0.5) is 15.8 Å². The number of halogens is 2. The van der Waals surface area contributed by atoms with E-state index in [0.717, 1.165) is 32.0 Å². The topological polar surface area (TPSA) is 111 Å². The number of nitrogens with zero attached hydrogens (tertiary/aromatic N) is 1. The lowest BCUT2D eigenvalue weighted by Crippen LogP contribution is -2.27. The predicted molar refractivity (Wildman–Crippen MR) is 85.6 cm³/mol. The van der Waals surface area contributed by atoms with Crippen molar-refractivity contribution in [1.29, 1.82) is 0 Å². The van der Waals surface area contributed by atoms with Crippen LogP contribution in [-0.4, -0.2) is 18.0 Å². The molecule has 0 saturated carbocycles. The average Bonchev–Trinajstić information content (AvgIpc) is 2.49. The summed E-state index contributed by atoms with van der Waals surface area (Å²) in [5.41, 5.74) is 3.36. The van der Waals surface area contributed by atoms with Gasteiger partial charge in [-0.25, -0.2) is 4.39 Å². The van der Waals surface area contributed by atoms with E-state index in [9.17, 15) is 19.3 Å². The van der Waals surface area contributed by atoms with Gasteiger partial charge in [0.15, 0.2) is 16.9 Å².